The summed E-state index contributed by atoms with van der Waals surface area (Å²) in [5, 5.41) is 2.85. The topological polar surface area (TPSA) is 94.3 Å². The van der Waals surface area contributed by atoms with Gasteiger partial charge in [0.25, 0.3) is 0 Å². The minimum absolute atomic E-state index is 0.148. The molecule has 0 saturated carbocycles. The van der Waals surface area contributed by atoms with Crippen molar-refractivity contribution in [2.75, 3.05) is 5.32 Å². The van der Waals surface area contributed by atoms with E-state index >= 15 is 0 Å². The first kappa shape index (κ1) is 18.6. The Labute approximate surface area is 147 Å². The number of carbonyl (C=O) groups is 1. The van der Waals surface area contributed by atoms with Crippen molar-refractivity contribution in [1.29, 1.82) is 0 Å². The Balaban J connectivity index is 1.98. The molecular weight excluding hydrogens is 350 g/mol. The number of ether oxygens (including phenoxy) is 1. The second-order valence-corrected chi connectivity index (χ2v) is 9.13. The Morgan fingerprint density at radius 2 is 2.08 bits per heavy atom. The Bertz CT molecular complexity index is 731. The van der Waals surface area contributed by atoms with Crippen molar-refractivity contribution in [3.05, 3.63) is 24.0 Å². The summed E-state index contributed by atoms with van der Waals surface area (Å²) in [5.74, 6) is 1.33. The van der Waals surface area contributed by atoms with Crippen molar-refractivity contribution >= 4 is 33.4 Å². The van der Waals surface area contributed by atoms with Gasteiger partial charge in [0.2, 0.25) is 5.89 Å². The van der Waals surface area contributed by atoms with Gasteiger partial charge in [-0.05, 0) is 13.8 Å². The molecule has 0 radical (unpaired) electrons. The van der Waals surface area contributed by atoms with Gasteiger partial charge in [-0.1, -0.05) is 32.1 Å². The molecule has 24 heavy (non-hydrogen) atoms. The van der Waals surface area contributed by atoms with Gasteiger partial charge in [0.15, 0.2) is 5.13 Å². The first-order valence-electron chi connectivity index (χ1n) is 7.42. The van der Waals surface area contributed by atoms with Crippen LogP contribution in [0.3, 0.4) is 0 Å². The highest BCUT2D eigenvalue weighted by Crippen LogP contribution is 2.26. The van der Waals surface area contributed by atoms with E-state index in [4.69, 9.17) is 9.15 Å². The molecule has 7 nitrogen and oxygen atoms in total. The molecule has 132 valence electrons. The van der Waals surface area contributed by atoms with E-state index in [1.54, 1.807) is 20.0 Å². The van der Waals surface area contributed by atoms with Gasteiger partial charge in [0, 0.05) is 5.41 Å². The van der Waals surface area contributed by atoms with Crippen LogP contribution >= 0.6 is 11.3 Å². The van der Waals surface area contributed by atoms with Gasteiger partial charge in [-0.15, -0.1) is 0 Å². The fourth-order valence-corrected chi connectivity index (χ4v) is 3.65. The van der Waals surface area contributed by atoms with Gasteiger partial charge >= 0.3 is 6.09 Å². The zero-order valence-electron chi connectivity index (χ0n) is 14.3. The van der Waals surface area contributed by atoms with Gasteiger partial charge in [-0.3, -0.25) is 9.53 Å². The number of anilines is 1. The first-order chi connectivity index (χ1) is 11.1. The molecular formula is C15H21N3O4S2. The van der Waals surface area contributed by atoms with E-state index in [2.05, 4.69) is 15.3 Å². The average Bonchev–Trinajstić information content (AvgIpc) is 3.06. The minimum atomic E-state index is -1.34. The molecule has 1 amide bonds. The molecule has 2 rings (SSSR count). The number of aromatic nitrogens is 2. The third kappa shape index (κ3) is 5.13. The van der Waals surface area contributed by atoms with Gasteiger partial charge in [0.05, 0.1) is 29.3 Å². The molecule has 1 unspecified atom stereocenters. The number of oxazole rings is 1. The van der Waals surface area contributed by atoms with Crippen LogP contribution < -0.4 is 5.32 Å². The number of hydrogen-bond donors (Lipinski definition) is 1. The molecule has 0 aromatic carbocycles. The summed E-state index contributed by atoms with van der Waals surface area (Å²) in [6.07, 6.45) is 2.33. The monoisotopic (exact) mass is 371 g/mol. The van der Waals surface area contributed by atoms with Crippen molar-refractivity contribution in [2.24, 2.45) is 0 Å². The number of nitrogens with one attached hydrogen (secondary N) is 1. The Morgan fingerprint density at radius 3 is 2.67 bits per heavy atom. The zero-order chi connectivity index (χ0) is 17.9. The number of carbonyl (C=O) groups excluding carboxylic acids is 1. The summed E-state index contributed by atoms with van der Waals surface area (Å²) >= 11 is 1.14. The summed E-state index contributed by atoms with van der Waals surface area (Å²) in [7, 11) is -1.34. The zero-order valence-corrected chi connectivity index (χ0v) is 15.9. The average molecular weight is 371 g/mol. The molecule has 0 fully saturated rings. The van der Waals surface area contributed by atoms with E-state index in [0.29, 0.717) is 15.2 Å². The summed E-state index contributed by atoms with van der Waals surface area (Å²) in [6.45, 7) is 9.57. The summed E-state index contributed by atoms with van der Waals surface area (Å²) in [6, 6.07) is 0. The standard InChI is InChI=1S/C15H21N3O4S2/c1-9(2)21-14(19)18-13-17-7-12(23-13)24(20)8-11-16-6-10(22-11)15(3,4)5/h6-7,9H,8H2,1-5H3,(H,17,18,19). The van der Waals surface area contributed by atoms with Crippen LogP contribution in [0.25, 0.3) is 0 Å². The smallest absolute Gasteiger partial charge is 0.413 e. The quantitative estimate of drug-likeness (QED) is 0.861. The number of amides is 1. The van der Waals surface area contributed by atoms with Crippen LogP contribution in [0.2, 0.25) is 0 Å². The van der Waals surface area contributed by atoms with Gasteiger partial charge in [0.1, 0.15) is 15.7 Å². The third-order valence-electron chi connectivity index (χ3n) is 2.81. The Hall–Kier alpha value is -1.74. The predicted molar refractivity (Wildman–Crippen MR) is 92.7 cm³/mol. The van der Waals surface area contributed by atoms with Gasteiger partial charge in [-0.2, -0.15) is 0 Å². The maximum atomic E-state index is 12.4. The molecule has 1 N–H and O–H groups in total. The van der Waals surface area contributed by atoms with E-state index in [-0.39, 0.29) is 17.3 Å². The highest BCUT2D eigenvalue weighted by atomic mass is 32.2. The highest BCUT2D eigenvalue weighted by molar-refractivity contribution is 7.86. The molecule has 0 aliphatic carbocycles. The molecule has 1 atom stereocenters. The largest absolute Gasteiger partial charge is 0.447 e. The Morgan fingerprint density at radius 1 is 1.38 bits per heavy atom. The molecule has 0 saturated heterocycles. The fraction of sp³-hybridized carbons (Fsp3) is 0.533. The lowest BCUT2D eigenvalue weighted by Crippen LogP contribution is -2.17. The molecule has 9 heteroatoms. The van der Waals surface area contributed by atoms with Crippen LogP contribution in [0.1, 0.15) is 46.3 Å². The molecule has 0 aliphatic rings. The second kappa shape index (κ2) is 7.43. The number of thiazole rings is 1. The van der Waals surface area contributed by atoms with Gasteiger partial charge < -0.3 is 9.15 Å². The van der Waals surface area contributed by atoms with Crippen molar-refractivity contribution in [1.82, 2.24) is 9.97 Å². The molecule has 2 heterocycles. The van der Waals surface area contributed by atoms with Crippen molar-refractivity contribution in [3.8, 4) is 0 Å². The maximum absolute atomic E-state index is 12.4. The number of nitrogens with zero attached hydrogens (tertiary/aromatic N) is 2. The lowest BCUT2D eigenvalue weighted by Gasteiger charge is -2.12. The lowest BCUT2D eigenvalue weighted by atomic mass is 9.94. The van der Waals surface area contributed by atoms with E-state index in [0.717, 1.165) is 17.1 Å². The molecule has 0 aliphatic heterocycles. The lowest BCUT2D eigenvalue weighted by molar-refractivity contribution is 0.130. The molecule has 0 bridgehead atoms. The fourth-order valence-electron chi connectivity index (χ4n) is 1.66. The van der Waals surface area contributed by atoms with Crippen LogP contribution in [0.5, 0.6) is 0 Å². The molecule has 2 aromatic heterocycles. The van der Waals surface area contributed by atoms with Crippen LogP contribution in [-0.2, 0) is 26.7 Å². The molecule has 0 spiro atoms. The summed E-state index contributed by atoms with van der Waals surface area (Å²) in [4.78, 5) is 19.7. The van der Waals surface area contributed by atoms with E-state index in [9.17, 15) is 9.00 Å². The van der Waals surface area contributed by atoms with E-state index in [1.165, 1.54) is 6.20 Å². The van der Waals surface area contributed by atoms with Crippen molar-refractivity contribution < 1.29 is 18.2 Å². The van der Waals surface area contributed by atoms with Crippen LogP contribution in [0, 0.1) is 0 Å². The van der Waals surface area contributed by atoms with Crippen molar-refractivity contribution in [3.63, 3.8) is 0 Å². The normalized spacial score (nSPS) is 13.1. The van der Waals surface area contributed by atoms with Crippen LogP contribution in [0.15, 0.2) is 21.0 Å². The third-order valence-corrected chi connectivity index (χ3v) is 5.39. The number of hydrogen-bond acceptors (Lipinski definition) is 7. The summed E-state index contributed by atoms with van der Waals surface area (Å²) in [5.41, 5.74) is -0.148. The maximum Gasteiger partial charge on any atom is 0.413 e. The van der Waals surface area contributed by atoms with Crippen LogP contribution in [0.4, 0.5) is 9.93 Å². The minimum Gasteiger partial charge on any atom is -0.447 e. The van der Waals surface area contributed by atoms with Crippen molar-refractivity contribution in [2.45, 2.75) is 56.1 Å². The second-order valence-electron chi connectivity index (χ2n) is 6.42. The summed E-state index contributed by atoms with van der Waals surface area (Å²) < 4.78 is 23.5. The predicted octanol–water partition coefficient (Wildman–Crippen LogP) is 3.69. The highest BCUT2D eigenvalue weighted by Gasteiger charge is 2.21. The van der Waals surface area contributed by atoms with E-state index < -0.39 is 16.9 Å². The first-order valence-corrected chi connectivity index (χ1v) is 9.55. The SMILES string of the molecule is CC(C)OC(=O)Nc1ncc(S(=O)Cc2ncc(C(C)(C)C)o2)s1. The van der Waals surface area contributed by atoms with Crippen LogP contribution in [-0.4, -0.2) is 26.4 Å². The van der Waals surface area contributed by atoms with Gasteiger partial charge in [-0.25, -0.2) is 14.8 Å². The molecule has 2 aromatic rings. The van der Waals surface area contributed by atoms with E-state index in [1.807, 2.05) is 20.8 Å². The Kier molecular flexibility index (Phi) is 5.76. The number of rotatable bonds is 5.